The molecule has 0 aliphatic carbocycles. The molecule has 6 nitrogen and oxygen atoms in total. The van der Waals surface area contributed by atoms with E-state index in [1.54, 1.807) is 0 Å². The maximum atomic E-state index is 11.0. The largest absolute Gasteiger partial charge is 0.377 e. The van der Waals surface area contributed by atoms with Crippen molar-refractivity contribution in [1.29, 1.82) is 0 Å². The van der Waals surface area contributed by atoms with Gasteiger partial charge in [-0.25, -0.2) is 0 Å². The molecule has 0 saturated carbocycles. The quantitative estimate of drug-likeness (QED) is 0.585. The van der Waals surface area contributed by atoms with Gasteiger partial charge in [-0.05, 0) is 25.5 Å². The third-order valence-corrected chi connectivity index (χ3v) is 2.87. The van der Waals surface area contributed by atoms with Crippen LogP contribution in [0.1, 0.15) is 43.5 Å². The number of anilines is 1. The first-order valence-electron chi connectivity index (χ1n) is 6.30. The minimum absolute atomic E-state index is 0.125. The van der Waals surface area contributed by atoms with Gasteiger partial charge in [0.15, 0.2) is 0 Å². The van der Waals surface area contributed by atoms with Gasteiger partial charge in [0.2, 0.25) is 5.91 Å². The fourth-order valence-electron chi connectivity index (χ4n) is 1.81. The molecule has 1 aromatic carbocycles. The summed E-state index contributed by atoms with van der Waals surface area (Å²) in [4.78, 5) is 21.5. The van der Waals surface area contributed by atoms with Gasteiger partial charge in [-0.1, -0.05) is 19.8 Å². The van der Waals surface area contributed by atoms with Crippen LogP contribution in [0.2, 0.25) is 0 Å². The lowest BCUT2D eigenvalue weighted by atomic mass is 10.1. The molecular formula is C13H19N3O3. The summed E-state index contributed by atoms with van der Waals surface area (Å²) in [6, 6.07) is 4.36. The molecule has 1 atom stereocenters. The van der Waals surface area contributed by atoms with Crippen molar-refractivity contribution in [2.45, 2.75) is 39.2 Å². The minimum Gasteiger partial charge on any atom is -0.377 e. The molecule has 0 heterocycles. The van der Waals surface area contributed by atoms with Crippen molar-refractivity contribution in [1.82, 2.24) is 0 Å². The number of nitrogens with zero attached hydrogens (tertiary/aromatic N) is 1. The van der Waals surface area contributed by atoms with E-state index in [0.717, 1.165) is 19.3 Å². The number of hydrogen-bond donors (Lipinski definition) is 2. The van der Waals surface area contributed by atoms with Crippen LogP contribution in [-0.4, -0.2) is 16.9 Å². The van der Waals surface area contributed by atoms with Crippen LogP contribution >= 0.6 is 0 Å². The molecule has 0 saturated heterocycles. The molecule has 1 aromatic rings. The molecule has 1 rings (SSSR count). The molecule has 1 unspecified atom stereocenters. The Bertz CT molecular complexity index is 474. The number of carbonyl (C=O) groups excluding carboxylic acids is 1. The number of unbranched alkanes of at least 4 members (excludes halogenated alkanes) is 1. The third kappa shape index (κ3) is 4.24. The van der Waals surface area contributed by atoms with Crippen LogP contribution in [-0.2, 0) is 0 Å². The number of nitro benzene ring substituents is 1. The summed E-state index contributed by atoms with van der Waals surface area (Å²) in [7, 11) is 0. The first kappa shape index (κ1) is 14.9. The van der Waals surface area contributed by atoms with Crippen molar-refractivity contribution >= 4 is 17.3 Å². The summed E-state index contributed by atoms with van der Waals surface area (Å²) in [6.45, 7) is 4.07. The van der Waals surface area contributed by atoms with Crippen LogP contribution in [0.25, 0.3) is 0 Å². The van der Waals surface area contributed by atoms with Crippen LogP contribution in [0.4, 0.5) is 11.4 Å². The van der Waals surface area contributed by atoms with E-state index < -0.39 is 10.8 Å². The van der Waals surface area contributed by atoms with E-state index in [9.17, 15) is 14.9 Å². The molecule has 0 fully saturated rings. The highest BCUT2D eigenvalue weighted by Gasteiger charge is 2.17. The molecule has 1 amide bonds. The van der Waals surface area contributed by atoms with Crippen molar-refractivity contribution in [2.75, 3.05) is 5.32 Å². The summed E-state index contributed by atoms with van der Waals surface area (Å²) in [6.07, 6.45) is 3.07. The molecule has 0 aliphatic rings. The summed E-state index contributed by atoms with van der Waals surface area (Å²) >= 11 is 0. The SMILES string of the molecule is CCCCC(C)Nc1ccc(C(N)=O)cc1[N+](=O)[O-]. The van der Waals surface area contributed by atoms with E-state index in [-0.39, 0.29) is 17.3 Å². The second-order valence-corrected chi connectivity index (χ2v) is 4.54. The Kier molecular flexibility index (Phi) is 5.29. The van der Waals surface area contributed by atoms with E-state index in [1.165, 1.54) is 18.2 Å². The first-order valence-corrected chi connectivity index (χ1v) is 6.30. The number of benzene rings is 1. The minimum atomic E-state index is -0.673. The van der Waals surface area contributed by atoms with Gasteiger partial charge in [-0.15, -0.1) is 0 Å². The van der Waals surface area contributed by atoms with Crippen molar-refractivity contribution in [3.63, 3.8) is 0 Å². The van der Waals surface area contributed by atoms with E-state index in [1.807, 2.05) is 6.92 Å². The van der Waals surface area contributed by atoms with Crippen LogP contribution in [0.15, 0.2) is 18.2 Å². The number of amides is 1. The number of rotatable bonds is 7. The standard InChI is InChI=1S/C13H19N3O3/c1-3-4-5-9(2)15-11-7-6-10(13(14)17)8-12(11)16(18)19/h6-9,15H,3-5H2,1-2H3,(H2,14,17). The molecule has 6 heteroatoms. The van der Waals surface area contributed by atoms with Gasteiger partial charge < -0.3 is 11.1 Å². The Morgan fingerprint density at radius 2 is 2.21 bits per heavy atom. The summed E-state index contributed by atoms with van der Waals surface area (Å²) in [5, 5.41) is 14.1. The lowest BCUT2D eigenvalue weighted by Crippen LogP contribution is -2.17. The topological polar surface area (TPSA) is 98.3 Å². The number of nitrogens with two attached hydrogens (primary N) is 1. The fourth-order valence-corrected chi connectivity index (χ4v) is 1.81. The molecule has 0 aliphatic heterocycles. The second kappa shape index (κ2) is 6.72. The van der Waals surface area contributed by atoms with Crippen LogP contribution < -0.4 is 11.1 Å². The van der Waals surface area contributed by atoms with Crippen LogP contribution in [0.3, 0.4) is 0 Å². The molecule has 3 N–H and O–H groups in total. The first-order chi connectivity index (χ1) is 8.95. The number of primary amides is 1. The summed E-state index contributed by atoms with van der Waals surface area (Å²) < 4.78 is 0. The zero-order chi connectivity index (χ0) is 14.4. The average Bonchev–Trinajstić information content (AvgIpc) is 2.36. The fraction of sp³-hybridized carbons (Fsp3) is 0.462. The van der Waals surface area contributed by atoms with Crippen LogP contribution in [0.5, 0.6) is 0 Å². The Labute approximate surface area is 112 Å². The van der Waals surface area contributed by atoms with Gasteiger partial charge in [0.1, 0.15) is 5.69 Å². The summed E-state index contributed by atoms with van der Waals surface area (Å²) in [5.41, 5.74) is 5.55. The molecule has 0 radical (unpaired) electrons. The highest BCUT2D eigenvalue weighted by molar-refractivity contribution is 5.94. The van der Waals surface area contributed by atoms with E-state index in [4.69, 9.17) is 5.73 Å². The van der Waals surface area contributed by atoms with Crippen molar-refractivity contribution in [3.8, 4) is 0 Å². The predicted octanol–water partition coefficient (Wildman–Crippen LogP) is 2.68. The van der Waals surface area contributed by atoms with Gasteiger partial charge in [0.25, 0.3) is 5.69 Å². The molecule has 19 heavy (non-hydrogen) atoms. The Morgan fingerprint density at radius 1 is 1.53 bits per heavy atom. The Balaban J connectivity index is 2.94. The molecule has 0 spiro atoms. The van der Waals surface area contributed by atoms with Gasteiger partial charge >= 0.3 is 0 Å². The highest BCUT2D eigenvalue weighted by atomic mass is 16.6. The van der Waals surface area contributed by atoms with Crippen molar-refractivity contribution < 1.29 is 9.72 Å². The molecule has 104 valence electrons. The third-order valence-electron chi connectivity index (χ3n) is 2.87. The average molecular weight is 265 g/mol. The second-order valence-electron chi connectivity index (χ2n) is 4.54. The molecular weight excluding hydrogens is 246 g/mol. The van der Waals surface area contributed by atoms with Gasteiger partial charge in [-0.2, -0.15) is 0 Å². The zero-order valence-electron chi connectivity index (χ0n) is 11.2. The number of nitrogens with one attached hydrogen (secondary N) is 1. The van der Waals surface area contributed by atoms with E-state index >= 15 is 0 Å². The molecule has 0 bridgehead atoms. The maximum Gasteiger partial charge on any atom is 0.293 e. The zero-order valence-corrected chi connectivity index (χ0v) is 11.2. The van der Waals surface area contributed by atoms with Crippen molar-refractivity contribution in [3.05, 3.63) is 33.9 Å². The van der Waals surface area contributed by atoms with E-state index in [2.05, 4.69) is 12.2 Å². The number of carbonyl (C=O) groups is 1. The maximum absolute atomic E-state index is 11.0. The number of hydrogen-bond acceptors (Lipinski definition) is 4. The predicted molar refractivity (Wildman–Crippen MR) is 74.2 cm³/mol. The Hall–Kier alpha value is -2.11. The van der Waals surface area contributed by atoms with Crippen molar-refractivity contribution in [2.24, 2.45) is 5.73 Å². The van der Waals surface area contributed by atoms with Gasteiger partial charge in [-0.3, -0.25) is 14.9 Å². The summed E-state index contributed by atoms with van der Waals surface area (Å²) in [5.74, 6) is -0.673. The normalized spacial score (nSPS) is 11.9. The lowest BCUT2D eigenvalue weighted by molar-refractivity contribution is -0.384. The molecule has 0 aromatic heterocycles. The monoisotopic (exact) mass is 265 g/mol. The van der Waals surface area contributed by atoms with Gasteiger partial charge in [0.05, 0.1) is 4.92 Å². The van der Waals surface area contributed by atoms with Gasteiger partial charge in [0, 0.05) is 17.7 Å². The highest BCUT2D eigenvalue weighted by Crippen LogP contribution is 2.26. The smallest absolute Gasteiger partial charge is 0.293 e. The number of nitro groups is 1. The Morgan fingerprint density at radius 3 is 2.74 bits per heavy atom. The van der Waals surface area contributed by atoms with E-state index in [0.29, 0.717) is 5.69 Å². The lowest BCUT2D eigenvalue weighted by Gasteiger charge is -2.15. The van der Waals surface area contributed by atoms with Crippen LogP contribution in [0, 0.1) is 10.1 Å².